The lowest BCUT2D eigenvalue weighted by atomic mass is 9.89. The summed E-state index contributed by atoms with van der Waals surface area (Å²) < 4.78 is 0. The van der Waals surface area contributed by atoms with Crippen LogP contribution < -0.4 is 16.0 Å². The Kier molecular flexibility index (Phi) is 5.53. The molecule has 126 valence electrons. The fraction of sp³-hybridized carbons (Fsp3) is 0.471. The zero-order valence-corrected chi connectivity index (χ0v) is 14.5. The lowest BCUT2D eigenvalue weighted by Gasteiger charge is -2.28. The van der Waals surface area contributed by atoms with Gasteiger partial charge in [-0.15, -0.1) is 0 Å². The summed E-state index contributed by atoms with van der Waals surface area (Å²) in [6, 6.07) is 6.76. The highest BCUT2D eigenvalue weighted by Crippen LogP contribution is 2.22. The SMILES string of the molecule is CC(=O)Nc1cccc(NC(=O)C(C)(C)C(=O)NC(C)(C)C)c1. The molecule has 0 atom stereocenters. The molecular weight excluding hydrogens is 294 g/mol. The second-order valence-corrected chi connectivity index (χ2v) is 7.05. The Balaban J connectivity index is 2.85. The highest BCUT2D eigenvalue weighted by molar-refractivity contribution is 6.10. The molecule has 0 spiro atoms. The van der Waals surface area contributed by atoms with E-state index in [1.165, 1.54) is 6.92 Å². The van der Waals surface area contributed by atoms with Crippen molar-refractivity contribution in [2.45, 2.75) is 47.1 Å². The first-order valence-electron chi connectivity index (χ1n) is 7.43. The van der Waals surface area contributed by atoms with Gasteiger partial charge in [0.1, 0.15) is 5.41 Å². The van der Waals surface area contributed by atoms with Crippen LogP contribution in [-0.2, 0) is 14.4 Å². The van der Waals surface area contributed by atoms with Crippen LogP contribution in [0.2, 0.25) is 0 Å². The molecule has 1 aromatic carbocycles. The number of anilines is 2. The van der Waals surface area contributed by atoms with E-state index in [0.29, 0.717) is 11.4 Å². The second-order valence-electron chi connectivity index (χ2n) is 7.05. The van der Waals surface area contributed by atoms with Crippen LogP contribution in [0.15, 0.2) is 24.3 Å². The number of hydrogen-bond acceptors (Lipinski definition) is 3. The third-order valence-corrected chi connectivity index (χ3v) is 3.06. The first-order valence-corrected chi connectivity index (χ1v) is 7.43. The molecule has 0 aliphatic heterocycles. The molecule has 3 amide bonds. The van der Waals surface area contributed by atoms with Crippen molar-refractivity contribution in [3.05, 3.63) is 24.3 Å². The average molecular weight is 319 g/mol. The van der Waals surface area contributed by atoms with Crippen LogP contribution in [-0.4, -0.2) is 23.3 Å². The van der Waals surface area contributed by atoms with E-state index in [1.807, 2.05) is 20.8 Å². The number of amides is 3. The lowest BCUT2D eigenvalue weighted by molar-refractivity contribution is -0.139. The third kappa shape index (κ3) is 5.73. The van der Waals surface area contributed by atoms with E-state index in [2.05, 4.69) is 16.0 Å². The largest absolute Gasteiger partial charge is 0.351 e. The van der Waals surface area contributed by atoms with Gasteiger partial charge < -0.3 is 16.0 Å². The van der Waals surface area contributed by atoms with Crippen molar-refractivity contribution in [2.24, 2.45) is 5.41 Å². The maximum atomic E-state index is 12.4. The van der Waals surface area contributed by atoms with Crippen molar-refractivity contribution in [1.29, 1.82) is 0 Å². The number of nitrogens with one attached hydrogen (secondary N) is 3. The molecule has 23 heavy (non-hydrogen) atoms. The van der Waals surface area contributed by atoms with Gasteiger partial charge in [0, 0.05) is 23.8 Å². The molecule has 0 aliphatic carbocycles. The van der Waals surface area contributed by atoms with Gasteiger partial charge in [0.2, 0.25) is 17.7 Å². The summed E-state index contributed by atoms with van der Waals surface area (Å²) in [5, 5.41) is 8.16. The molecule has 6 heteroatoms. The van der Waals surface area contributed by atoms with Gasteiger partial charge in [-0.05, 0) is 52.8 Å². The molecule has 1 aromatic rings. The van der Waals surface area contributed by atoms with E-state index in [9.17, 15) is 14.4 Å². The van der Waals surface area contributed by atoms with Gasteiger partial charge >= 0.3 is 0 Å². The van der Waals surface area contributed by atoms with Crippen LogP contribution in [0, 0.1) is 5.41 Å². The van der Waals surface area contributed by atoms with Crippen LogP contribution in [0.25, 0.3) is 0 Å². The minimum Gasteiger partial charge on any atom is -0.351 e. The van der Waals surface area contributed by atoms with Crippen molar-refractivity contribution in [2.75, 3.05) is 10.6 Å². The van der Waals surface area contributed by atoms with Gasteiger partial charge in [0.25, 0.3) is 0 Å². The summed E-state index contributed by atoms with van der Waals surface area (Å²) in [6.07, 6.45) is 0. The summed E-state index contributed by atoms with van der Waals surface area (Å²) in [5.74, 6) is -0.960. The summed E-state index contributed by atoms with van der Waals surface area (Å²) in [6.45, 7) is 10.1. The number of carbonyl (C=O) groups excluding carboxylic acids is 3. The highest BCUT2D eigenvalue weighted by Gasteiger charge is 2.37. The second kappa shape index (κ2) is 6.81. The van der Waals surface area contributed by atoms with Crippen molar-refractivity contribution in [1.82, 2.24) is 5.32 Å². The van der Waals surface area contributed by atoms with Crippen molar-refractivity contribution < 1.29 is 14.4 Å². The van der Waals surface area contributed by atoms with Gasteiger partial charge in [-0.1, -0.05) is 6.07 Å². The Morgan fingerprint density at radius 3 is 1.87 bits per heavy atom. The average Bonchev–Trinajstić information content (AvgIpc) is 2.36. The fourth-order valence-corrected chi connectivity index (χ4v) is 1.77. The topological polar surface area (TPSA) is 87.3 Å². The molecule has 6 nitrogen and oxygen atoms in total. The monoisotopic (exact) mass is 319 g/mol. The smallest absolute Gasteiger partial charge is 0.239 e. The van der Waals surface area contributed by atoms with Crippen LogP contribution >= 0.6 is 0 Å². The Morgan fingerprint density at radius 1 is 0.870 bits per heavy atom. The summed E-state index contributed by atoms with van der Waals surface area (Å²) >= 11 is 0. The summed E-state index contributed by atoms with van der Waals surface area (Å²) in [5.41, 5.74) is -0.554. The minimum atomic E-state index is -1.22. The molecule has 0 fully saturated rings. The minimum absolute atomic E-state index is 0.196. The zero-order chi connectivity index (χ0) is 17.8. The van der Waals surface area contributed by atoms with E-state index in [1.54, 1.807) is 38.1 Å². The normalized spacial score (nSPS) is 11.6. The van der Waals surface area contributed by atoms with Crippen molar-refractivity contribution in [3.8, 4) is 0 Å². The fourth-order valence-electron chi connectivity index (χ4n) is 1.77. The number of benzene rings is 1. The van der Waals surface area contributed by atoms with Gasteiger partial charge in [0.15, 0.2) is 0 Å². The zero-order valence-electron chi connectivity index (χ0n) is 14.5. The maximum absolute atomic E-state index is 12.4. The third-order valence-electron chi connectivity index (χ3n) is 3.06. The molecule has 0 heterocycles. The van der Waals surface area contributed by atoms with E-state index in [4.69, 9.17) is 0 Å². The molecular formula is C17H25N3O3. The number of rotatable bonds is 4. The predicted octanol–water partition coefficient (Wildman–Crippen LogP) is 2.52. The van der Waals surface area contributed by atoms with Crippen LogP contribution in [0.5, 0.6) is 0 Å². The van der Waals surface area contributed by atoms with Crippen LogP contribution in [0.1, 0.15) is 41.5 Å². The summed E-state index contributed by atoms with van der Waals surface area (Å²) in [4.78, 5) is 35.8. The molecule has 3 N–H and O–H groups in total. The molecule has 0 aromatic heterocycles. The van der Waals surface area contributed by atoms with Crippen molar-refractivity contribution in [3.63, 3.8) is 0 Å². The highest BCUT2D eigenvalue weighted by atomic mass is 16.2. The molecule has 0 saturated carbocycles. The first-order chi connectivity index (χ1) is 10.4. The van der Waals surface area contributed by atoms with E-state index in [0.717, 1.165) is 0 Å². The maximum Gasteiger partial charge on any atom is 0.239 e. The van der Waals surface area contributed by atoms with E-state index >= 15 is 0 Å². The first kappa shape index (κ1) is 18.7. The number of carbonyl (C=O) groups is 3. The van der Waals surface area contributed by atoms with Gasteiger partial charge in [-0.25, -0.2) is 0 Å². The molecule has 0 aliphatic rings. The van der Waals surface area contributed by atoms with Gasteiger partial charge in [-0.2, -0.15) is 0 Å². The Labute approximate surface area is 137 Å². The molecule has 0 bridgehead atoms. The lowest BCUT2D eigenvalue weighted by Crippen LogP contribution is -2.51. The molecule has 0 radical (unpaired) electrons. The summed E-state index contributed by atoms with van der Waals surface area (Å²) in [7, 11) is 0. The Hall–Kier alpha value is -2.37. The predicted molar refractivity (Wildman–Crippen MR) is 91.1 cm³/mol. The van der Waals surface area contributed by atoms with Gasteiger partial charge in [-0.3, -0.25) is 14.4 Å². The Bertz CT molecular complexity index is 616. The van der Waals surface area contributed by atoms with Crippen LogP contribution in [0.4, 0.5) is 11.4 Å². The molecule has 0 saturated heterocycles. The van der Waals surface area contributed by atoms with Crippen LogP contribution in [0.3, 0.4) is 0 Å². The molecule has 0 unspecified atom stereocenters. The number of hydrogen-bond donors (Lipinski definition) is 3. The van der Waals surface area contributed by atoms with E-state index < -0.39 is 16.9 Å². The Morgan fingerprint density at radius 2 is 1.39 bits per heavy atom. The van der Waals surface area contributed by atoms with Gasteiger partial charge in [0.05, 0.1) is 0 Å². The quantitative estimate of drug-likeness (QED) is 0.745. The van der Waals surface area contributed by atoms with Crippen molar-refractivity contribution >= 4 is 29.1 Å². The molecule has 1 rings (SSSR count). The van der Waals surface area contributed by atoms with E-state index in [-0.39, 0.29) is 11.8 Å². The standard InChI is InChI=1S/C17H25N3O3/c1-11(21)18-12-8-7-9-13(10-12)19-14(22)17(5,6)15(23)20-16(2,3)4/h7-10H,1-6H3,(H,18,21)(H,19,22)(H,20,23).